The standard InChI is InChI=1S/C6H11O4/c7-3-5-6(9)4(8)1-2-10-5/h2,4-9H,1,3H2. The molecule has 3 N–H and O–H groups in total. The van der Waals surface area contributed by atoms with Gasteiger partial charge in [-0.25, -0.2) is 0 Å². The third-order valence-electron chi connectivity index (χ3n) is 1.56. The van der Waals surface area contributed by atoms with E-state index < -0.39 is 18.3 Å². The lowest BCUT2D eigenvalue weighted by molar-refractivity contribution is -0.124. The summed E-state index contributed by atoms with van der Waals surface area (Å²) in [4.78, 5) is 0. The zero-order chi connectivity index (χ0) is 7.56. The van der Waals surface area contributed by atoms with E-state index in [1.807, 2.05) is 0 Å². The van der Waals surface area contributed by atoms with Crippen LogP contribution in [-0.2, 0) is 4.74 Å². The Kier molecular flexibility index (Phi) is 2.62. The lowest BCUT2D eigenvalue weighted by Crippen LogP contribution is -2.44. The third-order valence-corrected chi connectivity index (χ3v) is 1.56. The first-order chi connectivity index (χ1) is 4.75. The van der Waals surface area contributed by atoms with Crippen LogP contribution in [0.15, 0.2) is 0 Å². The van der Waals surface area contributed by atoms with Gasteiger partial charge >= 0.3 is 0 Å². The first kappa shape index (κ1) is 7.94. The maximum atomic E-state index is 9.08. The number of hydrogen-bond donors (Lipinski definition) is 3. The lowest BCUT2D eigenvalue weighted by Gasteiger charge is -2.30. The molecule has 0 aliphatic carbocycles. The molecular formula is C6H11O4. The SMILES string of the molecule is OCC1O[CH]CC(O)C1O. The molecule has 1 rings (SSSR count). The van der Waals surface area contributed by atoms with Crippen molar-refractivity contribution in [3.63, 3.8) is 0 Å². The van der Waals surface area contributed by atoms with Crippen molar-refractivity contribution in [1.29, 1.82) is 0 Å². The van der Waals surface area contributed by atoms with Crippen molar-refractivity contribution >= 4 is 0 Å². The average molecular weight is 147 g/mol. The summed E-state index contributed by atoms with van der Waals surface area (Å²) in [6, 6.07) is 0. The molecular weight excluding hydrogens is 136 g/mol. The fraction of sp³-hybridized carbons (Fsp3) is 0.833. The van der Waals surface area contributed by atoms with Gasteiger partial charge in [-0.15, -0.1) is 0 Å². The molecule has 4 heteroatoms. The van der Waals surface area contributed by atoms with Gasteiger partial charge in [-0.2, -0.15) is 0 Å². The minimum absolute atomic E-state index is 0.269. The highest BCUT2D eigenvalue weighted by Crippen LogP contribution is 2.16. The van der Waals surface area contributed by atoms with Crippen LogP contribution < -0.4 is 0 Å². The van der Waals surface area contributed by atoms with Crippen LogP contribution in [0.5, 0.6) is 0 Å². The Morgan fingerprint density at radius 3 is 2.70 bits per heavy atom. The summed E-state index contributed by atoms with van der Waals surface area (Å²) >= 11 is 0. The summed E-state index contributed by atoms with van der Waals surface area (Å²) in [6.45, 7) is 1.13. The molecule has 1 aliphatic rings. The zero-order valence-corrected chi connectivity index (χ0v) is 5.47. The fourth-order valence-corrected chi connectivity index (χ4v) is 0.896. The first-order valence-corrected chi connectivity index (χ1v) is 3.20. The molecule has 0 aromatic rings. The van der Waals surface area contributed by atoms with E-state index in [9.17, 15) is 0 Å². The quantitative estimate of drug-likeness (QED) is 0.429. The number of ether oxygens (including phenoxy) is 1. The van der Waals surface area contributed by atoms with Gasteiger partial charge in [0.15, 0.2) is 0 Å². The Hall–Kier alpha value is -0.160. The Balaban J connectivity index is 2.42. The second-order valence-electron chi connectivity index (χ2n) is 2.32. The van der Waals surface area contributed by atoms with Gasteiger partial charge in [-0.1, -0.05) is 0 Å². The minimum Gasteiger partial charge on any atom is -0.394 e. The highest BCUT2D eigenvalue weighted by molar-refractivity contribution is 4.84. The monoisotopic (exact) mass is 147 g/mol. The van der Waals surface area contributed by atoms with Crippen molar-refractivity contribution < 1.29 is 20.1 Å². The molecule has 0 saturated carbocycles. The molecule has 0 bridgehead atoms. The smallest absolute Gasteiger partial charge is 0.109 e. The second-order valence-corrected chi connectivity index (χ2v) is 2.32. The molecule has 3 unspecified atom stereocenters. The maximum Gasteiger partial charge on any atom is 0.109 e. The van der Waals surface area contributed by atoms with Gasteiger partial charge in [0.1, 0.15) is 12.2 Å². The predicted octanol–water partition coefficient (Wildman–Crippen LogP) is -1.35. The first-order valence-electron chi connectivity index (χ1n) is 3.20. The topological polar surface area (TPSA) is 69.9 Å². The van der Waals surface area contributed by atoms with E-state index in [-0.39, 0.29) is 6.61 Å². The van der Waals surface area contributed by atoms with Gasteiger partial charge in [0.2, 0.25) is 0 Å². The molecule has 0 amide bonds. The Morgan fingerprint density at radius 2 is 2.20 bits per heavy atom. The van der Waals surface area contributed by atoms with E-state index in [0.717, 1.165) is 0 Å². The zero-order valence-electron chi connectivity index (χ0n) is 5.47. The summed E-state index contributed by atoms with van der Waals surface area (Å²) in [5, 5.41) is 26.7. The third kappa shape index (κ3) is 1.46. The van der Waals surface area contributed by atoms with Gasteiger partial charge in [-0.3, -0.25) is 0 Å². The van der Waals surface area contributed by atoms with Crippen LogP contribution in [0.3, 0.4) is 0 Å². The largest absolute Gasteiger partial charge is 0.394 e. The van der Waals surface area contributed by atoms with Crippen molar-refractivity contribution in [3.8, 4) is 0 Å². The highest BCUT2D eigenvalue weighted by Gasteiger charge is 2.30. The number of hydrogen-bond acceptors (Lipinski definition) is 4. The number of aliphatic hydroxyl groups is 3. The summed E-state index contributed by atoms with van der Waals surface area (Å²) < 4.78 is 4.82. The van der Waals surface area contributed by atoms with Crippen molar-refractivity contribution in [2.75, 3.05) is 6.61 Å². The predicted molar refractivity (Wildman–Crippen MR) is 32.9 cm³/mol. The van der Waals surface area contributed by atoms with E-state index in [4.69, 9.17) is 20.1 Å². The molecule has 3 atom stereocenters. The van der Waals surface area contributed by atoms with Gasteiger partial charge in [0.05, 0.1) is 19.3 Å². The van der Waals surface area contributed by atoms with Gasteiger partial charge in [0, 0.05) is 6.42 Å². The molecule has 4 nitrogen and oxygen atoms in total. The van der Waals surface area contributed by atoms with Crippen molar-refractivity contribution in [1.82, 2.24) is 0 Å². The van der Waals surface area contributed by atoms with Crippen LogP contribution in [-0.4, -0.2) is 40.2 Å². The Morgan fingerprint density at radius 1 is 1.50 bits per heavy atom. The van der Waals surface area contributed by atoms with Crippen LogP contribution in [0.1, 0.15) is 6.42 Å². The Labute approximate surface area is 59.1 Å². The summed E-state index contributed by atoms with van der Waals surface area (Å²) in [5.41, 5.74) is 0. The molecule has 1 radical (unpaired) electrons. The molecule has 0 aromatic carbocycles. The van der Waals surface area contributed by atoms with E-state index in [1.54, 1.807) is 0 Å². The molecule has 1 fully saturated rings. The van der Waals surface area contributed by atoms with E-state index in [0.29, 0.717) is 6.42 Å². The molecule has 1 aliphatic heterocycles. The highest BCUT2D eigenvalue weighted by atomic mass is 16.5. The lowest BCUT2D eigenvalue weighted by atomic mass is 10.0. The van der Waals surface area contributed by atoms with Gasteiger partial charge < -0.3 is 20.1 Å². The van der Waals surface area contributed by atoms with E-state index >= 15 is 0 Å². The van der Waals surface area contributed by atoms with E-state index in [2.05, 4.69) is 0 Å². The summed E-state index contributed by atoms with van der Waals surface area (Å²) in [5.74, 6) is 0. The van der Waals surface area contributed by atoms with Crippen LogP contribution in [0, 0.1) is 6.61 Å². The maximum absolute atomic E-state index is 9.08. The number of aliphatic hydroxyl groups excluding tert-OH is 3. The van der Waals surface area contributed by atoms with Crippen molar-refractivity contribution in [2.45, 2.75) is 24.7 Å². The van der Waals surface area contributed by atoms with Crippen molar-refractivity contribution in [3.05, 3.63) is 6.61 Å². The normalized spacial score (nSPS) is 41.7. The average Bonchev–Trinajstić information content (AvgIpc) is 1.95. The van der Waals surface area contributed by atoms with Crippen molar-refractivity contribution in [2.24, 2.45) is 0 Å². The van der Waals surface area contributed by atoms with Gasteiger partial charge in [0.25, 0.3) is 0 Å². The summed E-state index contributed by atoms with van der Waals surface area (Å²) in [7, 11) is 0. The van der Waals surface area contributed by atoms with Crippen LogP contribution >= 0.6 is 0 Å². The fourth-order valence-electron chi connectivity index (χ4n) is 0.896. The number of rotatable bonds is 1. The van der Waals surface area contributed by atoms with Gasteiger partial charge in [-0.05, 0) is 0 Å². The van der Waals surface area contributed by atoms with Crippen LogP contribution in [0.4, 0.5) is 0 Å². The second kappa shape index (κ2) is 3.30. The molecule has 0 aromatic heterocycles. The molecule has 1 saturated heterocycles. The van der Waals surface area contributed by atoms with Crippen LogP contribution in [0.25, 0.3) is 0 Å². The molecule has 0 spiro atoms. The minimum atomic E-state index is -0.963. The molecule has 1 heterocycles. The summed E-state index contributed by atoms with van der Waals surface area (Å²) in [6.07, 6.45) is -2.11. The molecule has 10 heavy (non-hydrogen) atoms. The van der Waals surface area contributed by atoms with Crippen LogP contribution in [0.2, 0.25) is 0 Å². The Bertz CT molecular complexity index is 106. The van der Waals surface area contributed by atoms with E-state index in [1.165, 1.54) is 6.61 Å². The molecule has 59 valence electrons.